The van der Waals surface area contributed by atoms with Crippen molar-refractivity contribution in [3.05, 3.63) is 12.2 Å². The van der Waals surface area contributed by atoms with Gasteiger partial charge in [-0.3, -0.25) is 4.79 Å². The van der Waals surface area contributed by atoms with Crippen molar-refractivity contribution in [1.29, 1.82) is 0 Å². The molecule has 6 nitrogen and oxygen atoms in total. The summed E-state index contributed by atoms with van der Waals surface area (Å²) in [5.74, 6) is 1.18. The molecule has 6 heteroatoms. The number of aliphatic hydroxyl groups excluding tert-OH is 2. The predicted octanol–water partition coefficient (Wildman–Crippen LogP) is 4.66. The zero-order chi connectivity index (χ0) is 25.7. The third-order valence-electron chi connectivity index (χ3n) is 11.2. The molecule has 0 aliphatic heterocycles. The molecule has 4 saturated carbocycles. The van der Waals surface area contributed by atoms with Gasteiger partial charge in [0.25, 0.3) is 0 Å². The molecule has 0 aromatic carbocycles. The summed E-state index contributed by atoms with van der Waals surface area (Å²) in [6.45, 7) is 12.2. The normalized spacial score (nSPS) is 45.5. The van der Waals surface area contributed by atoms with Crippen molar-refractivity contribution in [2.24, 2.45) is 46.3 Å². The molecule has 198 valence electrons. The second kappa shape index (κ2) is 9.81. The fourth-order valence-electron chi connectivity index (χ4n) is 9.12. The maximum absolute atomic E-state index is 12.1. The molecule has 2 N–H and O–H groups in total. The average Bonchev–Trinajstić information content (AvgIpc) is 3.17. The van der Waals surface area contributed by atoms with Gasteiger partial charge >= 0.3 is 11.9 Å². The molecule has 35 heavy (non-hydrogen) atoms. The average molecular weight is 491 g/mol. The highest BCUT2D eigenvalue weighted by Crippen LogP contribution is 2.68. The summed E-state index contributed by atoms with van der Waals surface area (Å²) in [6.07, 6.45) is 6.34. The highest BCUT2D eigenvalue weighted by molar-refractivity contribution is 5.87. The molecule has 11 atom stereocenters. The first-order chi connectivity index (χ1) is 16.4. The number of ether oxygens (including phenoxy) is 2. The minimum Gasteiger partial charge on any atom is -0.469 e. The van der Waals surface area contributed by atoms with E-state index in [0.29, 0.717) is 23.8 Å². The molecule has 0 unspecified atom stereocenters. The summed E-state index contributed by atoms with van der Waals surface area (Å²) in [6, 6.07) is 0. The number of rotatable bonds is 6. The van der Waals surface area contributed by atoms with Crippen LogP contribution in [-0.2, 0) is 19.1 Å². The predicted molar refractivity (Wildman–Crippen MR) is 133 cm³/mol. The van der Waals surface area contributed by atoms with Gasteiger partial charge in [0.05, 0.1) is 19.3 Å². The van der Waals surface area contributed by atoms with E-state index >= 15 is 0 Å². The van der Waals surface area contributed by atoms with Crippen LogP contribution in [-0.4, -0.2) is 47.6 Å². The Morgan fingerprint density at radius 3 is 2.46 bits per heavy atom. The molecular formula is C29H46O6. The number of carbonyl (C=O) groups is 2. The van der Waals surface area contributed by atoms with Crippen LogP contribution in [0.5, 0.6) is 0 Å². The molecule has 0 heterocycles. The van der Waals surface area contributed by atoms with Crippen LogP contribution < -0.4 is 0 Å². The number of carbonyl (C=O) groups excluding carboxylic acids is 2. The standard InChI is InChI=1S/C29H46O6/c1-16(2)27(33)35-19-11-12-28(4)18(13-19)14-23(30)26-21-9-8-20(17(3)7-10-25(32)34-6)29(21,5)24(31)15-22(26)28/h17-24,26,30-31H,1,7-15H2,2-6H3/t17-,18+,19+,20-,21+,22+,23-,24+,26+,28+,29-/m1/s1. The summed E-state index contributed by atoms with van der Waals surface area (Å²) in [4.78, 5) is 23.8. The van der Waals surface area contributed by atoms with Crippen molar-refractivity contribution in [3.63, 3.8) is 0 Å². The fourth-order valence-corrected chi connectivity index (χ4v) is 9.12. The van der Waals surface area contributed by atoms with Gasteiger partial charge in [0, 0.05) is 12.0 Å². The van der Waals surface area contributed by atoms with E-state index in [4.69, 9.17) is 9.47 Å². The minimum atomic E-state index is -0.413. The maximum atomic E-state index is 12.1. The quantitative estimate of drug-likeness (QED) is 0.415. The first kappa shape index (κ1) is 26.7. The number of aliphatic hydroxyl groups is 2. The Balaban J connectivity index is 1.52. The van der Waals surface area contributed by atoms with Gasteiger partial charge in [-0.05, 0) is 105 Å². The molecule has 0 aromatic heterocycles. The Morgan fingerprint density at radius 2 is 1.80 bits per heavy atom. The lowest BCUT2D eigenvalue weighted by Gasteiger charge is -2.63. The second-order valence-electron chi connectivity index (χ2n) is 12.8. The largest absolute Gasteiger partial charge is 0.469 e. The van der Waals surface area contributed by atoms with Crippen molar-refractivity contribution in [2.75, 3.05) is 7.11 Å². The number of hydrogen-bond acceptors (Lipinski definition) is 6. The maximum Gasteiger partial charge on any atom is 0.333 e. The van der Waals surface area contributed by atoms with E-state index in [-0.39, 0.29) is 52.5 Å². The lowest BCUT2D eigenvalue weighted by atomic mass is 9.43. The second-order valence-corrected chi connectivity index (χ2v) is 12.8. The van der Waals surface area contributed by atoms with Crippen molar-refractivity contribution in [2.45, 2.75) is 104 Å². The molecule has 4 aliphatic rings. The van der Waals surface area contributed by atoms with Gasteiger partial charge in [-0.15, -0.1) is 0 Å². The number of fused-ring (bicyclic) bond motifs is 5. The zero-order valence-corrected chi connectivity index (χ0v) is 22.3. The molecule has 0 saturated heterocycles. The van der Waals surface area contributed by atoms with Gasteiger partial charge in [0.1, 0.15) is 6.10 Å². The molecule has 0 radical (unpaired) electrons. The van der Waals surface area contributed by atoms with E-state index < -0.39 is 12.2 Å². The van der Waals surface area contributed by atoms with Crippen molar-refractivity contribution in [1.82, 2.24) is 0 Å². The topological polar surface area (TPSA) is 93.1 Å². The molecule has 4 fully saturated rings. The van der Waals surface area contributed by atoms with E-state index in [2.05, 4.69) is 27.4 Å². The summed E-state index contributed by atoms with van der Waals surface area (Å²) in [5.41, 5.74) is 0.218. The Bertz CT molecular complexity index is 839. The lowest BCUT2D eigenvalue weighted by Crippen LogP contribution is -2.62. The van der Waals surface area contributed by atoms with Crippen molar-refractivity contribution < 1.29 is 29.3 Å². The van der Waals surface area contributed by atoms with E-state index in [1.807, 2.05) is 0 Å². The summed E-state index contributed by atoms with van der Waals surface area (Å²) >= 11 is 0. The smallest absolute Gasteiger partial charge is 0.333 e. The van der Waals surface area contributed by atoms with Crippen LogP contribution >= 0.6 is 0 Å². The van der Waals surface area contributed by atoms with Gasteiger partial charge in [-0.1, -0.05) is 27.4 Å². The van der Waals surface area contributed by atoms with Gasteiger partial charge < -0.3 is 19.7 Å². The summed E-state index contributed by atoms with van der Waals surface area (Å²) in [7, 11) is 1.43. The van der Waals surface area contributed by atoms with Crippen LogP contribution in [0.1, 0.15) is 85.5 Å². The molecule has 0 spiro atoms. The number of esters is 2. The van der Waals surface area contributed by atoms with Crippen molar-refractivity contribution in [3.8, 4) is 0 Å². The van der Waals surface area contributed by atoms with Crippen LogP contribution in [0.15, 0.2) is 12.2 Å². The van der Waals surface area contributed by atoms with E-state index in [1.165, 1.54) is 7.11 Å². The Morgan fingerprint density at radius 1 is 1.09 bits per heavy atom. The lowest BCUT2D eigenvalue weighted by molar-refractivity contribution is -0.209. The van der Waals surface area contributed by atoms with Gasteiger partial charge in [0.2, 0.25) is 0 Å². The Labute approximate surface area is 210 Å². The third kappa shape index (κ3) is 4.47. The van der Waals surface area contributed by atoms with Crippen LogP contribution in [0.25, 0.3) is 0 Å². The van der Waals surface area contributed by atoms with Crippen LogP contribution in [0, 0.1) is 46.3 Å². The van der Waals surface area contributed by atoms with E-state index in [9.17, 15) is 19.8 Å². The molecular weight excluding hydrogens is 444 g/mol. The number of hydrogen-bond donors (Lipinski definition) is 2. The first-order valence-corrected chi connectivity index (χ1v) is 13.7. The monoisotopic (exact) mass is 490 g/mol. The SMILES string of the molecule is C=C(C)C(=O)O[C@H]1CC[C@@]2(C)[C@@H](C1)C[C@@H](O)[C@@H]1[C@@H]2C[C@H](O)[C@]2(C)[C@@H]([C@H](C)CCC(=O)OC)CC[C@@H]12. The molecule has 4 rings (SSSR count). The molecule has 0 aromatic rings. The highest BCUT2D eigenvalue weighted by Gasteiger charge is 2.65. The van der Waals surface area contributed by atoms with Gasteiger partial charge in [0.15, 0.2) is 0 Å². The first-order valence-electron chi connectivity index (χ1n) is 13.7. The Hall–Kier alpha value is -1.40. The van der Waals surface area contributed by atoms with Gasteiger partial charge in [-0.2, -0.15) is 0 Å². The van der Waals surface area contributed by atoms with Crippen LogP contribution in [0.4, 0.5) is 0 Å². The van der Waals surface area contributed by atoms with Gasteiger partial charge in [-0.25, -0.2) is 4.79 Å². The van der Waals surface area contributed by atoms with E-state index in [0.717, 1.165) is 51.4 Å². The molecule has 0 amide bonds. The molecule has 0 bridgehead atoms. The summed E-state index contributed by atoms with van der Waals surface area (Å²) < 4.78 is 10.6. The Kier molecular flexibility index (Phi) is 7.47. The van der Waals surface area contributed by atoms with Crippen LogP contribution in [0.3, 0.4) is 0 Å². The van der Waals surface area contributed by atoms with E-state index in [1.54, 1.807) is 6.92 Å². The van der Waals surface area contributed by atoms with Crippen LogP contribution in [0.2, 0.25) is 0 Å². The molecule has 4 aliphatic carbocycles. The highest BCUT2D eigenvalue weighted by atomic mass is 16.5. The minimum absolute atomic E-state index is 0.0346. The van der Waals surface area contributed by atoms with Crippen molar-refractivity contribution >= 4 is 11.9 Å². The zero-order valence-electron chi connectivity index (χ0n) is 22.3. The fraction of sp³-hybridized carbons (Fsp3) is 0.862. The number of methoxy groups -OCH3 is 1. The third-order valence-corrected chi connectivity index (χ3v) is 11.2. The summed E-state index contributed by atoms with van der Waals surface area (Å²) in [5, 5.41) is 23.2.